The zero-order valence-electron chi connectivity index (χ0n) is 9.30. The van der Waals surface area contributed by atoms with Gasteiger partial charge >= 0.3 is 0 Å². The number of halogens is 1. The number of carbonyl (C=O) groups is 1. The van der Waals surface area contributed by atoms with Crippen LogP contribution in [0, 0.1) is 5.82 Å². The molecule has 2 heterocycles. The van der Waals surface area contributed by atoms with Gasteiger partial charge in [-0.2, -0.15) is 16.7 Å². The molecule has 0 N–H and O–H groups in total. The van der Waals surface area contributed by atoms with E-state index in [0.717, 1.165) is 0 Å². The number of thioether (sulfide) groups is 1. The van der Waals surface area contributed by atoms with Gasteiger partial charge in [0.05, 0.1) is 5.75 Å². The number of nitrogens with zero attached hydrogens (tertiary/aromatic N) is 2. The number of hydrogen-bond donors (Lipinski definition) is 0. The number of hydrogen-bond acceptors (Lipinski definition) is 5. The van der Waals surface area contributed by atoms with Gasteiger partial charge in [-0.25, -0.2) is 4.39 Å². The Morgan fingerprint density at radius 1 is 1.33 bits per heavy atom. The highest BCUT2D eigenvalue weighted by molar-refractivity contribution is 8.00. The van der Waals surface area contributed by atoms with Gasteiger partial charge in [0.15, 0.2) is 5.78 Å². The molecule has 1 fully saturated rings. The lowest BCUT2D eigenvalue weighted by molar-refractivity contribution is -0.117. The second kappa shape index (κ2) is 4.53. The maximum absolute atomic E-state index is 12.8. The van der Waals surface area contributed by atoms with Crippen LogP contribution in [0.2, 0.25) is 0 Å². The molecule has 1 unspecified atom stereocenters. The van der Waals surface area contributed by atoms with E-state index in [1.54, 1.807) is 23.9 Å². The topological polar surface area (TPSA) is 56.0 Å². The van der Waals surface area contributed by atoms with Crippen molar-refractivity contribution in [3.05, 3.63) is 36.0 Å². The minimum absolute atomic E-state index is 0.120. The van der Waals surface area contributed by atoms with Gasteiger partial charge in [-0.1, -0.05) is 5.16 Å². The molecule has 3 rings (SSSR count). The normalized spacial score (nSPS) is 19.4. The molecule has 1 aliphatic rings. The van der Waals surface area contributed by atoms with Crippen LogP contribution in [0.3, 0.4) is 0 Å². The van der Waals surface area contributed by atoms with Gasteiger partial charge in [0.25, 0.3) is 0 Å². The van der Waals surface area contributed by atoms with E-state index in [9.17, 15) is 9.18 Å². The van der Waals surface area contributed by atoms with Gasteiger partial charge < -0.3 is 4.52 Å². The molecule has 18 heavy (non-hydrogen) atoms. The van der Waals surface area contributed by atoms with Crippen molar-refractivity contribution in [3.8, 4) is 11.4 Å². The minimum atomic E-state index is -0.315. The van der Waals surface area contributed by atoms with Crippen molar-refractivity contribution in [2.75, 3.05) is 11.5 Å². The lowest BCUT2D eigenvalue weighted by Crippen LogP contribution is -2.09. The number of carbonyl (C=O) groups excluding carboxylic acids is 1. The quantitative estimate of drug-likeness (QED) is 0.832. The smallest absolute Gasteiger partial charge is 0.238 e. The molecule has 0 amide bonds. The molecule has 4 nitrogen and oxygen atoms in total. The summed E-state index contributed by atoms with van der Waals surface area (Å²) in [6.07, 6.45) is 0. The van der Waals surface area contributed by atoms with Crippen LogP contribution in [-0.4, -0.2) is 27.4 Å². The van der Waals surface area contributed by atoms with Crippen LogP contribution in [0.5, 0.6) is 0 Å². The van der Waals surface area contributed by atoms with E-state index in [2.05, 4.69) is 10.1 Å². The number of benzene rings is 1. The van der Waals surface area contributed by atoms with E-state index in [1.807, 2.05) is 0 Å². The molecule has 1 saturated heterocycles. The lowest BCUT2D eigenvalue weighted by Gasteiger charge is -1.97. The van der Waals surface area contributed by atoms with Gasteiger partial charge in [-0.3, -0.25) is 4.79 Å². The zero-order valence-corrected chi connectivity index (χ0v) is 10.1. The average molecular weight is 264 g/mol. The molecule has 1 atom stereocenters. The standard InChI is InChI=1S/C12H9FN2O2S/c13-8-3-1-7(2-4-8)11-14-12(17-15-11)9-5-18-6-10(9)16/h1-4,9H,5-6H2. The van der Waals surface area contributed by atoms with Crippen LogP contribution in [0.15, 0.2) is 28.8 Å². The van der Waals surface area contributed by atoms with Crippen molar-refractivity contribution < 1.29 is 13.7 Å². The average Bonchev–Trinajstić information content (AvgIpc) is 2.98. The van der Waals surface area contributed by atoms with Crippen molar-refractivity contribution in [2.24, 2.45) is 0 Å². The molecule has 92 valence electrons. The highest BCUT2D eigenvalue weighted by Crippen LogP contribution is 2.29. The van der Waals surface area contributed by atoms with Gasteiger partial charge in [0, 0.05) is 11.3 Å². The Kier molecular flexibility index (Phi) is 2.87. The summed E-state index contributed by atoms with van der Waals surface area (Å²) in [4.78, 5) is 15.8. The number of ketones is 1. The van der Waals surface area contributed by atoms with E-state index in [0.29, 0.717) is 28.8 Å². The van der Waals surface area contributed by atoms with E-state index >= 15 is 0 Å². The van der Waals surface area contributed by atoms with Crippen LogP contribution in [0.1, 0.15) is 11.8 Å². The maximum atomic E-state index is 12.8. The fraction of sp³-hybridized carbons (Fsp3) is 0.250. The summed E-state index contributed by atoms with van der Waals surface area (Å²) in [5.74, 6) is 1.43. The van der Waals surface area contributed by atoms with E-state index in [4.69, 9.17) is 4.52 Å². The maximum Gasteiger partial charge on any atom is 0.238 e. The number of Topliss-reactive ketones (excluding diaryl/α,β-unsaturated/α-hetero) is 1. The molecule has 1 aromatic heterocycles. The largest absolute Gasteiger partial charge is 0.338 e. The van der Waals surface area contributed by atoms with E-state index in [1.165, 1.54) is 12.1 Å². The summed E-state index contributed by atoms with van der Waals surface area (Å²) in [5.41, 5.74) is 0.671. The Morgan fingerprint density at radius 2 is 2.11 bits per heavy atom. The first-order valence-corrected chi connectivity index (χ1v) is 6.59. The van der Waals surface area contributed by atoms with Crippen molar-refractivity contribution in [1.82, 2.24) is 10.1 Å². The van der Waals surface area contributed by atoms with Crippen LogP contribution < -0.4 is 0 Å². The summed E-state index contributed by atoms with van der Waals surface area (Å²) in [5, 5.41) is 3.83. The SMILES string of the molecule is O=C1CSCC1c1nc(-c2ccc(F)cc2)no1. The predicted octanol–water partition coefficient (Wildman–Crippen LogP) is 2.28. The third-order valence-electron chi connectivity index (χ3n) is 2.76. The minimum Gasteiger partial charge on any atom is -0.338 e. The molecular weight excluding hydrogens is 255 g/mol. The van der Waals surface area contributed by atoms with Crippen LogP contribution >= 0.6 is 11.8 Å². The third-order valence-corrected chi connectivity index (χ3v) is 3.82. The molecule has 0 spiro atoms. The first-order chi connectivity index (χ1) is 8.74. The van der Waals surface area contributed by atoms with Crippen LogP contribution in [0.4, 0.5) is 4.39 Å². The first kappa shape index (κ1) is 11.4. The van der Waals surface area contributed by atoms with E-state index < -0.39 is 0 Å². The zero-order chi connectivity index (χ0) is 12.5. The predicted molar refractivity (Wildman–Crippen MR) is 64.8 cm³/mol. The van der Waals surface area contributed by atoms with Gasteiger partial charge in [-0.15, -0.1) is 0 Å². The summed E-state index contributed by atoms with van der Waals surface area (Å²) >= 11 is 1.57. The summed E-state index contributed by atoms with van der Waals surface area (Å²) in [6, 6.07) is 5.83. The summed E-state index contributed by atoms with van der Waals surface area (Å²) in [7, 11) is 0. The number of rotatable bonds is 2. The Balaban J connectivity index is 1.89. The summed E-state index contributed by atoms with van der Waals surface area (Å²) < 4.78 is 17.9. The van der Waals surface area contributed by atoms with Crippen molar-refractivity contribution in [1.29, 1.82) is 0 Å². The Morgan fingerprint density at radius 3 is 2.78 bits per heavy atom. The lowest BCUT2D eigenvalue weighted by atomic mass is 10.1. The molecular formula is C12H9FN2O2S. The Labute approximate surface area is 107 Å². The molecule has 0 radical (unpaired) electrons. The van der Waals surface area contributed by atoms with Gasteiger partial charge in [0.2, 0.25) is 11.7 Å². The second-order valence-electron chi connectivity index (χ2n) is 4.00. The highest BCUT2D eigenvalue weighted by Gasteiger charge is 2.31. The van der Waals surface area contributed by atoms with Crippen molar-refractivity contribution in [2.45, 2.75) is 5.92 Å². The third kappa shape index (κ3) is 2.03. The molecule has 0 saturated carbocycles. The van der Waals surface area contributed by atoms with E-state index in [-0.39, 0.29) is 17.5 Å². The Hall–Kier alpha value is -1.69. The fourth-order valence-electron chi connectivity index (χ4n) is 1.77. The van der Waals surface area contributed by atoms with Crippen LogP contribution in [0.25, 0.3) is 11.4 Å². The molecule has 2 aromatic rings. The number of aromatic nitrogens is 2. The molecule has 0 bridgehead atoms. The monoisotopic (exact) mass is 264 g/mol. The first-order valence-electron chi connectivity index (χ1n) is 5.44. The van der Waals surface area contributed by atoms with Crippen molar-refractivity contribution >= 4 is 17.5 Å². The highest BCUT2D eigenvalue weighted by atomic mass is 32.2. The molecule has 6 heteroatoms. The molecule has 0 aliphatic carbocycles. The van der Waals surface area contributed by atoms with Crippen LogP contribution in [-0.2, 0) is 4.79 Å². The van der Waals surface area contributed by atoms with Gasteiger partial charge in [0.1, 0.15) is 11.7 Å². The summed E-state index contributed by atoms with van der Waals surface area (Å²) in [6.45, 7) is 0. The molecule has 1 aliphatic heterocycles. The second-order valence-corrected chi connectivity index (χ2v) is 5.03. The van der Waals surface area contributed by atoms with Crippen molar-refractivity contribution in [3.63, 3.8) is 0 Å². The van der Waals surface area contributed by atoms with Gasteiger partial charge in [-0.05, 0) is 24.3 Å². The molecule has 1 aromatic carbocycles. The Bertz CT molecular complexity index is 582. The fourth-order valence-corrected chi connectivity index (χ4v) is 2.86.